The van der Waals surface area contributed by atoms with Gasteiger partial charge >= 0.3 is 11.7 Å². The number of aromatic amines is 1. The number of H-pyrrole nitrogens is 1. The average Bonchev–Trinajstić information content (AvgIpc) is 2.86. The van der Waals surface area contributed by atoms with Crippen LogP contribution in [0.2, 0.25) is 0 Å². The third kappa shape index (κ3) is 2.86. The molecule has 0 saturated heterocycles. The zero-order valence-corrected chi connectivity index (χ0v) is 9.42. The monoisotopic (exact) mass is 265 g/mol. The minimum atomic E-state index is -1.23. The average molecular weight is 265 g/mol. The largest absolute Gasteiger partial charge is 0.465 e. The second-order valence-electron chi connectivity index (χ2n) is 3.40. The Bertz CT molecular complexity index is 727. The molecular weight excluding hydrogens is 257 g/mol. The number of halogens is 1. The number of aromatic nitrogens is 2. The summed E-state index contributed by atoms with van der Waals surface area (Å²) in [4.78, 5) is 35.2. The number of amides is 1. The molecule has 0 spiro atoms. The zero-order chi connectivity index (χ0) is 13.8. The third-order valence-corrected chi connectivity index (χ3v) is 2.12. The van der Waals surface area contributed by atoms with Gasteiger partial charge in [0.15, 0.2) is 0 Å². The van der Waals surface area contributed by atoms with Crippen LogP contribution in [0.25, 0.3) is 6.08 Å². The fourth-order valence-electron chi connectivity index (χ4n) is 1.25. The first kappa shape index (κ1) is 12.6. The summed E-state index contributed by atoms with van der Waals surface area (Å²) in [6, 6.07) is 2.39. The van der Waals surface area contributed by atoms with Gasteiger partial charge < -0.3 is 9.73 Å². The molecule has 8 heteroatoms. The molecule has 19 heavy (non-hydrogen) atoms. The first-order chi connectivity index (χ1) is 9.08. The second kappa shape index (κ2) is 5.17. The summed E-state index contributed by atoms with van der Waals surface area (Å²) >= 11 is 0. The fraction of sp³-hybridized carbons (Fsp3) is 0. The Morgan fingerprint density at radius 2 is 2.26 bits per heavy atom. The lowest BCUT2D eigenvalue weighted by atomic mass is 10.4. The van der Waals surface area contributed by atoms with E-state index in [1.54, 1.807) is 17.1 Å². The van der Waals surface area contributed by atoms with E-state index in [0.29, 0.717) is 16.5 Å². The van der Waals surface area contributed by atoms with Crippen molar-refractivity contribution >= 4 is 12.1 Å². The molecule has 0 atom stereocenters. The standard InChI is InChI=1S/C11H8FN3O4/c12-8-6-15(11(18)14-9(8)16)10(17)13-4-3-7-2-1-5-19-7/h1-6H,(H,13,17)(H,14,16,18). The van der Waals surface area contributed by atoms with E-state index < -0.39 is 23.1 Å². The summed E-state index contributed by atoms with van der Waals surface area (Å²) in [7, 11) is 0. The molecular formula is C11H8FN3O4. The number of hydrogen-bond acceptors (Lipinski definition) is 4. The highest BCUT2D eigenvalue weighted by molar-refractivity contribution is 5.77. The molecule has 2 aromatic heterocycles. The van der Waals surface area contributed by atoms with Gasteiger partial charge in [0.05, 0.1) is 12.5 Å². The van der Waals surface area contributed by atoms with Crippen molar-refractivity contribution in [2.24, 2.45) is 0 Å². The molecule has 0 aromatic carbocycles. The highest BCUT2D eigenvalue weighted by atomic mass is 19.1. The molecule has 0 aliphatic heterocycles. The second-order valence-corrected chi connectivity index (χ2v) is 3.40. The smallest absolute Gasteiger partial charge is 0.336 e. The van der Waals surface area contributed by atoms with E-state index in [1.165, 1.54) is 18.5 Å². The molecule has 0 fully saturated rings. The van der Waals surface area contributed by atoms with Crippen molar-refractivity contribution in [2.45, 2.75) is 0 Å². The van der Waals surface area contributed by atoms with E-state index in [-0.39, 0.29) is 0 Å². The molecule has 0 radical (unpaired) electrons. The van der Waals surface area contributed by atoms with Crippen molar-refractivity contribution in [3.8, 4) is 0 Å². The van der Waals surface area contributed by atoms with Crippen LogP contribution in [0, 0.1) is 5.82 Å². The highest BCUT2D eigenvalue weighted by Crippen LogP contribution is 2.00. The van der Waals surface area contributed by atoms with Crippen LogP contribution in [0.5, 0.6) is 0 Å². The predicted octanol–water partition coefficient (Wildman–Crippen LogP) is 0.497. The van der Waals surface area contributed by atoms with Crippen LogP contribution >= 0.6 is 0 Å². The quantitative estimate of drug-likeness (QED) is 0.826. The lowest BCUT2D eigenvalue weighted by Gasteiger charge is -2.02. The maximum atomic E-state index is 12.9. The lowest BCUT2D eigenvalue weighted by Crippen LogP contribution is -2.39. The molecule has 7 nitrogen and oxygen atoms in total. The van der Waals surface area contributed by atoms with E-state index >= 15 is 0 Å². The van der Waals surface area contributed by atoms with Gasteiger partial charge in [0.2, 0.25) is 5.82 Å². The molecule has 0 aliphatic carbocycles. The molecule has 0 unspecified atom stereocenters. The number of nitrogens with zero attached hydrogens (tertiary/aromatic N) is 1. The number of furan rings is 1. The number of rotatable bonds is 2. The number of nitrogens with one attached hydrogen (secondary N) is 2. The summed E-state index contributed by atoms with van der Waals surface area (Å²) in [6.07, 6.45) is 4.61. The van der Waals surface area contributed by atoms with Gasteiger partial charge in [-0.05, 0) is 18.2 Å². The van der Waals surface area contributed by atoms with Gasteiger partial charge in [-0.2, -0.15) is 4.39 Å². The number of carbonyl (C=O) groups excluding carboxylic acids is 1. The van der Waals surface area contributed by atoms with Gasteiger partial charge in [-0.15, -0.1) is 0 Å². The predicted molar refractivity (Wildman–Crippen MR) is 63.0 cm³/mol. The van der Waals surface area contributed by atoms with E-state index in [1.807, 2.05) is 0 Å². The summed E-state index contributed by atoms with van der Waals surface area (Å²) in [6.45, 7) is 0. The summed E-state index contributed by atoms with van der Waals surface area (Å²) in [5, 5.41) is 2.22. The Kier molecular flexibility index (Phi) is 3.42. The zero-order valence-electron chi connectivity index (χ0n) is 9.42. The summed E-state index contributed by atoms with van der Waals surface area (Å²) in [5.41, 5.74) is -2.21. The summed E-state index contributed by atoms with van der Waals surface area (Å²) < 4.78 is 18.3. The Morgan fingerprint density at radius 3 is 2.95 bits per heavy atom. The van der Waals surface area contributed by atoms with Crippen LogP contribution < -0.4 is 16.6 Å². The molecule has 2 aromatic rings. The highest BCUT2D eigenvalue weighted by Gasteiger charge is 2.09. The topological polar surface area (TPSA) is 97.1 Å². The van der Waals surface area contributed by atoms with Crippen LogP contribution in [-0.4, -0.2) is 15.6 Å². The van der Waals surface area contributed by atoms with E-state index in [2.05, 4.69) is 5.32 Å². The fourth-order valence-corrected chi connectivity index (χ4v) is 1.25. The SMILES string of the molecule is O=C(NC=Cc1ccco1)n1cc(F)c(=O)[nH]c1=O. The van der Waals surface area contributed by atoms with Gasteiger partial charge in [-0.25, -0.2) is 14.2 Å². The van der Waals surface area contributed by atoms with Crippen molar-refractivity contribution in [3.63, 3.8) is 0 Å². The Morgan fingerprint density at radius 1 is 1.47 bits per heavy atom. The molecule has 2 heterocycles. The van der Waals surface area contributed by atoms with Gasteiger partial charge in [0, 0.05) is 6.20 Å². The van der Waals surface area contributed by atoms with Gasteiger partial charge in [-0.3, -0.25) is 9.78 Å². The Balaban J connectivity index is 2.15. The molecule has 0 saturated carbocycles. The first-order valence-electron chi connectivity index (χ1n) is 5.10. The number of hydrogen-bond donors (Lipinski definition) is 2. The molecule has 1 amide bonds. The van der Waals surface area contributed by atoms with Crippen LogP contribution in [-0.2, 0) is 0 Å². The van der Waals surface area contributed by atoms with Crippen LogP contribution in [0.1, 0.15) is 5.76 Å². The molecule has 2 N–H and O–H groups in total. The first-order valence-corrected chi connectivity index (χ1v) is 5.10. The molecule has 0 aliphatic rings. The van der Waals surface area contributed by atoms with E-state index in [4.69, 9.17) is 4.42 Å². The maximum absolute atomic E-state index is 12.9. The van der Waals surface area contributed by atoms with Crippen LogP contribution in [0.15, 0.2) is 44.8 Å². The van der Waals surface area contributed by atoms with Gasteiger partial charge in [-0.1, -0.05) is 0 Å². The Labute approximate surface area is 105 Å². The normalized spacial score (nSPS) is 10.8. The van der Waals surface area contributed by atoms with Gasteiger partial charge in [0.1, 0.15) is 5.76 Å². The molecule has 98 valence electrons. The van der Waals surface area contributed by atoms with Crippen molar-refractivity contribution in [1.82, 2.24) is 14.9 Å². The lowest BCUT2D eigenvalue weighted by molar-refractivity contribution is 0.244. The minimum Gasteiger partial charge on any atom is -0.465 e. The maximum Gasteiger partial charge on any atom is 0.336 e. The summed E-state index contributed by atoms with van der Waals surface area (Å²) in [5.74, 6) is -0.745. The van der Waals surface area contributed by atoms with Crippen LogP contribution in [0.4, 0.5) is 9.18 Å². The van der Waals surface area contributed by atoms with Crippen molar-refractivity contribution in [1.29, 1.82) is 0 Å². The van der Waals surface area contributed by atoms with Gasteiger partial charge in [0.25, 0.3) is 5.56 Å². The van der Waals surface area contributed by atoms with Crippen molar-refractivity contribution in [3.05, 3.63) is 63.2 Å². The van der Waals surface area contributed by atoms with Crippen molar-refractivity contribution < 1.29 is 13.6 Å². The minimum absolute atomic E-state index is 0.406. The Hall–Kier alpha value is -2.90. The third-order valence-electron chi connectivity index (χ3n) is 2.12. The van der Waals surface area contributed by atoms with E-state index in [9.17, 15) is 18.8 Å². The molecule has 0 bridgehead atoms. The van der Waals surface area contributed by atoms with Crippen molar-refractivity contribution in [2.75, 3.05) is 0 Å². The molecule has 2 rings (SSSR count). The number of carbonyl (C=O) groups is 1. The van der Waals surface area contributed by atoms with E-state index in [0.717, 1.165) is 0 Å². The van der Waals surface area contributed by atoms with Crippen LogP contribution in [0.3, 0.4) is 0 Å².